The van der Waals surface area contributed by atoms with Crippen molar-refractivity contribution in [1.29, 1.82) is 0 Å². The molecule has 1 saturated heterocycles. The molecule has 2 N–H and O–H groups in total. The van der Waals surface area contributed by atoms with Gasteiger partial charge >= 0.3 is 12.0 Å². The molecule has 0 spiro atoms. The number of carbonyl (C=O) groups excluding carboxylic acids is 1. The van der Waals surface area contributed by atoms with E-state index >= 15 is 0 Å². The van der Waals surface area contributed by atoms with Crippen LogP contribution in [0.25, 0.3) is 0 Å². The fourth-order valence-electron chi connectivity index (χ4n) is 2.67. The molecule has 0 radical (unpaired) electrons. The number of hydrogen-bond donors (Lipinski definition) is 2. The Balaban J connectivity index is 1.74. The van der Waals surface area contributed by atoms with Crippen molar-refractivity contribution < 1.29 is 19.8 Å². The Morgan fingerprint density at radius 1 is 1.35 bits per heavy atom. The second-order valence-corrected chi connectivity index (χ2v) is 5.04. The minimum absolute atomic E-state index is 0.0546. The van der Waals surface area contributed by atoms with Gasteiger partial charge in [-0.2, -0.15) is 0 Å². The zero-order valence-corrected chi connectivity index (χ0v) is 10.7. The van der Waals surface area contributed by atoms with Gasteiger partial charge in [-0.1, -0.05) is 0 Å². The van der Waals surface area contributed by atoms with Gasteiger partial charge in [-0.3, -0.25) is 0 Å². The summed E-state index contributed by atoms with van der Waals surface area (Å²) in [6.07, 6.45) is 0.899. The first-order valence-corrected chi connectivity index (χ1v) is 6.39. The summed E-state index contributed by atoms with van der Waals surface area (Å²) in [5.74, 6) is -0.411. The first kappa shape index (κ1) is 12.9. The SMILES string of the molecule is O=C(O)[C@@H]1C[C@@H](O)CN1C(=O)N1CCn2cnnc2C1. The van der Waals surface area contributed by atoms with Crippen LogP contribution in [0, 0.1) is 0 Å². The van der Waals surface area contributed by atoms with E-state index in [4.69, 9.17) is 5.11 Å². The number of hydrogen-bond acceptors (Lipinski definition) is 5. The molecule has 0 saturated carbocycles. The number of amides is 2. The molecule has 1 aromatic heterocycles. The summed E-state index contributed by atoms with van der Waals surface area (Å²) >= 11 is 0. The smallest absolute Gasteiger partial charge is 0.326 e. The van der Waals surface area contributed by atoms with Gasteiger partial charge in [-0.15, -0.1) is 10.2 Å². The van der Waals surface area contributed by atoms with Crippen LogP contribution in [0.1, 0.15) is 12.2 Å². The van der Waals surface area contributed by atoms with Crippen molar-refractivity contribution in [2.45, 2.75) is 31.7 Å². The van der Waals surface area contributed by atoms with Crippen molar-refractivity contribution in [3.63, 3.8) is 0 Å². The van der Waals surface area contributed by atoms with Gasteiger partial charge in [0.1, 0.15) is 12.4 Å². The Morgan fingerprint density at radius 2 is 2.15 bits per heavy atom. The number of nitrogens with zero attached hydrogens (tertiary/aromatic N) is 5. The summed E-state index contributed by atoms with van der Waals surface area (Å²) in [6, 6.07) is -1.33. The van der Waals surface area contributed by atoms with Crippen LogP contribution in [0.2, 0.25) is 0 Å². The monoisotopic (exact) mass is 281 g/mol. The number of aliphatic hydroxyl groups is 1. The highest BCUT2D eigenvalue weighted by Gasteiger charge is 2.41. The molecule has 0 unspecified atom stereocenters. The Hall–Kier alpha value is -2.16. The maximum atomic E-state index is 12.4. The summed E-state index contributed by atoms with van der Waals surface area (Å²) in [5.41, 5.74) is 0. The molecule has 3 rings (SSSR count). The van der Waals surface area contributed by atoms with Crippen LogP contribution in [0.4, 0.5) is 4.79 Å². The number of aromatic nitrogens is 3. The number of carboxylic acid groups (broad SMARTS) is 1. The predicted octanol–water partition coefficient (Wildman–Crippen LogP) is -1.27. The molecule has 2 aliphatic heterocycles. The second kappa shape index (κ2) is 4.75. The van der Waals surface area contributed by atoms with Gasteiger partial charge in [0.05, 0.1) is 12.6 Å². The first-order chi connectivity index (χ1) is 9.56. The lowest BCUT2D eigenvalue weighted by Crippen LogP contribution is -2.50. The van der Waals surface area contributed by atoms with E-state index in [1.54, 1.807) is 6.33 Å². The van der Waals surface area contributed by atoms with Crippen molar-refractivity contribution >= 4 is 12.0 Å². The van der Waals surface area contributed by atoms with Crippen LogP contribution in [-0.2, 0) is 17.9 Å². The second-order valence-electron chi connectivity index (χ2n) is 5.04. The fourth-order valence-corrected chi connectivity index (χ4v) is 2.67. The largest absolute Gasteiger partial charge is 0.480 e. The van der Waals surface area contributed by atoms with Crippen LogP contribution in [0.3, 0.4) is 0 Å². The maximum absolute atomic E-state index is 12.4. The number of rotatable bonds is 1. The van der Waals surface area contributed by atoms with Crippen LogP contribution in [-0.4, -0.2) is 72.0 Å². The van der Waals surface area contributed by atoms with Gasteiger partial charge in [-0.05, 0) is 0 Å². The molecule has 9 nitrogen and oxygen atoms in total. The third-order valence-corrected chi connectivity index (χ3v) is 3.72. The summed E-state index contributed by atoms with van der Waals surface area (Å²) in [7, 11) is 0. The van der Waals surface area contributed by atoms with Gasteiger partial charge < -0.3 is 24.6 Å². The zero-order valence-electron chi connectivity index (χ0n) is 10.7. The number of urea groups is 1. The predicted molar refractivity (Wildman–Crippen MR) is 64.6 cm³/mol. The van der Waals surface area contributed by atoms with E-state index in [-0.39, 0.29) is 19.0 Å². The maximum Gasteiger partial charge on any atom is 0.326 e. The van der Waals surface area contributed by atoms with Gasteiger partial charge in [0.2, 0.25) is 0 Å². The van der Waals surface area contributed by atoms with Crippen molar-refractivity contribution in [2.24, 2.45) is 0 Å². The first-order valence-electron chi connectivity index (χ1n) is 6.39. The quantitative estimate of drug-likeness (QED) is 0.664. The number of aliphatic carboxylic acids is 1. The molecule has 2 atom stereocenters. The number of carbonyl (C=O) groups is 2. The van der Waals surface area contributed by atoms with Crippen molar-refractivity contribution in [1.82, 2.24) is 24.6 Å². The Kier molecular flexibility index (Phi) is 3.05. The minimum atomic E-state index is -1.09. The summed E-state index contributed by atoms with van der Waals surface area (Å²) < 4.78 is 1.86. The average molecular weight is 281 g/mol. The lowest BCUT2D eigenvalue weighted by molar-refractivity contribution is -0.141. The number of likely N-dealkylation sites (tertiary alicyclic amines) is 1. The third-order valence-electron chi connectivity index (χ3n) is 3.72. The number of fused-ring (bicyclic) bond motifs is 1. The standard InChI is InChI=1S/C11H15N5O4/c17-7-3-8(10(18)19)16(4-7)11(20)14-1-2-15-6-12-13-9(15)5-14/h6-8,17H,1-5H2,(H,18,19)/t7-,8+/m1/s1. The fraction of sp³-hybridized carbons (Fsp3) is 0.636. The molecule has 0 bridgehead atoms. The molecule has 1 fully saturated rings. The number of aliphatic hydroxyl groups excluding tert-OH is 1. The molecule has 3 heterocycles. The van der Waals surface area contributed by atoms with Gasteiger partial charge in [0.15, 0.2) is 5.82 Å². The van der Waals surface area contributed by atoms with Crippen molar-refractivity contribution in [3.8, 4) is 0 Å². The molecular weight excluding hydrogens is 266 g/mol. The number of carboxylic acids is 1. The van der Waals surface area contributed by atoms with Gasteiger partial charge in [0, 0.05) is 26.1 Å². The highest BCUT2D eigenvalue weighted by molar-refractivity contribution is 5.83. The van der Waals surface area contributed by atoms with Crippen LogP contribution < -0.4 is 0 Å². The normalized spacial score (nSPS) is 25.6. The van der Waals surface area contributed by atoms with Crippen LogP contribution >= 0.6 is 0 Å². The van der Waals surface area contributed by atoms with E-state index in [2.05, 4.69) is 10.2 Å². The third kappa shape index (κ3) is 2.09. The molecule has 0 aromatic carbocycles. The zero-order chi connectivity index (χ0) is 14.3. The summed E-state index contributed by atoms with van der Waals surface area (Å²) in [5, 5.41) is 26.4. The Labute approximate surface area is 114 Å². The molecule has 108 valence electrons. The average Bonchev–Trinajstić information content (AvgIpc) is 3.02. The number of β-amino-alcohol motifs (C(OH)–C–C–N with tert-alkyl or cyclic N) is 1. The highest BCUT2D eigenvalue weighted by atomic mass is 16.4. The summed E-state index contributed by atoms with van der Waals surface area (Å²) in [6.45, 7) is 1.42. The molecule has 0 aliphatic carbocycles. The minimum Gasteiger partial charge on any atom is -0.480 e. The Bertz CT molecular complexity index is 545. The molecule has 9 heteroatoms. The van der Waals surface area contributed by atoms with E-state index in [0.29, 0.717) is 25.5 Å². The van der Waals surface area contributed by atoms with Gasteiger partial charge in [0.25, 0.3) is 0 Å². The highest BCUT2D eigenvalue weighted by Crippen LogP contribution is 2.21. The van der Waals surface area contributed by atoms with E-state index < -0.39 is 18.1 Å². The lowest BCUT2D eigenvalue weighted by Gasteiger charge is -2.32. The van der Waals surface area contributed by atoms with Gasteiger partial charge in [-0.25, -0.2) is 9.59 Å². The van der Waals surface area contributed by atoms with Crippen LogP contribution in [0.5, 0.6) is 0 Å². The van der Waals surface area contributed by atoms with E-state index in [1.807, 2.05) is 4.57 Å². The molecule has 1 aromatic rings. The molecule has 20 heavy (non-hydrogen) atoms. The topological polar surface area (TPSA) is 112 Å². The molecule has 2 amide bonds. The Morgan fingerprint density at radius 3 is 2.90 bits per heavy atom. The van der Waals surface area contributed by atoms with Crippen molar-refractivity contribution in [3.05, 3.63) is 12.2 Å². The summed E-state index contributed by atoms with van der Waals surface area (Å²) in [4.78, 5) is 26.3. The molecular formula is C11H15N5O4. The molecule has 2 aliphatic rings. The van der Waals surface area contributed by atoms with Crippen LogP contribution in [0.15, 0.2) is 6.33 Å². The van der Waals surface area contributed by atoms with E-state index in [0.717, 1.165) is 0 Å². The van der Waals surface area contributed by atoms with E-state index in [9.17, 15) is 14.7 Å². The van der Waals surface area contributed by atoms with Crippen molar-refractivity contribution in [2.75, 3.05) is 13.1 Å². The van der Waals surface area contributed by atoms with E-state index in [1.165, 1.54) is 9.80 Å². The lowest BCUT2D eigenvalue weighted by atomic mass is 10.2.